The number of amides is 1. The van der Waals surface area contributed by atoms with Gasteiger partial charge in [0.2, 0.25) is 5.91 Å². The number of nitrogens with zero attached hydrogens (tertiary/aromatic N) is 4. The van der Waals surface area contributed by atoms with E-state index >= 15 is 0 Å². The Morgan fingerprint density at radius 1 is 1.53 bits per heavy atom. The fraction of sp³-hybridized carbons (Fsp3) is 0.750. The smallest absolute Gasteiger partial charge is 0.242 e. The standard InChI is InChI=1S/C12H21N5O2/c1-13-11(18)12(8-19-2)4-3-5-16(12)6-7-17-10-14-9-15-17/h9-10H,3-8H2,1-2H3,(H,13,18). The molecule has 1 fully saturated rings. The van der Waals surface area contributed by atoms with E-state index in [0.717, 1.165) is 32.5 Å². The predicted octanol–water partition coefficient (Wildman–Crippen LogP) is -0.495. The van der Waals surface area contributed by atoms with E-state index < -0.39 is 5.54 Å². The van der Waals surface area contributed by atoms with Gasteiger partial charge in [-0.3, -0.25) is 14.4 Å². The first-order valence-electron chi connectivity index (χ1n) is 6.51. The Kier molecular flexibility index (Phi) is 4.49. The van der Waals surface area contributed by atoms with Gasteiger partial charge in [-0.15, -0.1) is 0 Å². The molecule has 1 N–H and O–H groups in total. The highest BCUT2D eigenvalue weighted by Crippen LogP contribution is 2.29. The fourth-order valence-electron chi connectivity index (χ4n) is 2.79. The molecule has 0 bridgehead atoms. The van der Waals surface area contributed by atoms with Crippen LogP contribution in [0, 0.1) is 0 Å². The van der Waals surface area contributed by atoms with Gasteiger partial charge < -0.3 is 10.1 Å². The van der Waals surface area contributed by atoms with E-state index in [1.807, 2.05) is 0 Å². The zero-order valence-corrected chi connectivity index (χ0v) is 11.5. The van der Waals surface area contributed by atoms with Crippen molar-refractivity contribution >= 4 is 5.91 Å². The number of aromatic nitrogens is 3. The third kappa shape index (κ3) is 2.76. The second-order valence-corrected chi connectivity index (χ2v) is 4.79. The Morgan fingerprint density at radius 3 is 3.00 bits per heavy atom. The number of rotatable bonds is 6. The van der Waals surface area contributed by atoms with E-state index in [2.05, 4.69) is 20.3 Å². The molecule has 0 aliphatic carbocycles. The first kappa shape index (κ1) is 14.0. The summed E-state index contributed by atoms with van der Waals surface area (Å²) in [6.07, 6.45) is 5.05. The number of methoxy groups -OCH3 is 1. The molecule has 2 rings (SSSR count). The largest absolute Gasteiger partial charge is 0.382 e. The monoisotopic (exact) mass is 267 g/mol. The summed E-state index contributed by atoms with van der Waals surface area (Å²) in [5, 5.41) is 6.84. The van der Waals surface area contributed by atoms with Gasteiger partial charge in [-0.1, -0.05) is 0 Å². The van der Waals surface area contributed by atoms with Crippen molar-refractivity contribution in [1.82, 2.24) is 25.0 Å². The minimum atomic E-state index is -0.538. The van der Waals surface area contributed by atoms with Gasteiger partial charge in [0.25, 0.3) is 0 Å². The molecule has 2 heterocycles. The maximum absolute atomic E-state index is 12.2. The lowest BCUT2D eigenvalue weighted by atomic mass is 9.96. The van der Waals surface area contributed by atoms with Crippen LogP contribution in [0.3, 0.4) is 0 Å². The van der Waals surface area contributed by atoms with Crippen molar-refractivity contribution in [1.29, 1.82) is 0 Å². The molecule has 1 aliphatic rings. The Labute approximate surface area is 112 Å². The highest BCUT2D eigenvalue weighted by atomic mass is 16.5. The summed E-state index contributed by atoms with van der Waals surface area (Å²) in [6.45, 7) is 2.82. The van der Waals surface area contributed by atoms with Gasteiger partial charge in [-0.2, -0.15) is 5.10 Å². The normalized spacial score (nSPS) is 23.7. The topological polar surface area (TPSA) is 72.3 Å². The first-order valence-corrected chi connectivity index (χ1v) is 6.51. The van der Waals surface area contributed by atoms with Crippen LogP contribution in [-0.2, 0) is 16.1 Å². The van der Waals surface area contributed by atoms with Gasteiger partial charge in [-0.25, -0.2) is 4.98 Å². The van der Waals surface area contributed by atoms with E-state index in [0.29, 0.717) is 6.61 Å². The Bertz CT molecular complexity index is 408. The summed E-state index contributed by atoms with van der Waals surface area (Å²) in [6, 6.07) is 0. The molecule has 1 saturated heterocycles. The van der Waals surface area contributed by atoms with Crippen molar-refractivity contribution in [2.45, 2.75) is 24.9 Å². The number of carbonyl (C=O) groups is 1. The van der Waals surface area contributed by atoms with Crippen molar-refractivity contribution in [3.05, 3.63) is 12.7 Å². The maximum atomic E-state index is 12.2. The molecule has 1 aliphatic heterocycles. The summed E-state index contributed by atoms with van der Waals surface area (Å²) in [7, 11) is 3.31. The van der Waals surface area contributed by atoms with Gasteiger partial charge in [0.1, 0.15) is 18.2 Å². The van der Waals surface area contributed by atoms with Crippen molar-refractivity contribution in [3.63, 3.8) is 0 Å². The van der Waals surface area contributed by atoms with Gasteiger partial charge in [0.05, 0.1) is 13.2 Å². The summed E-state index contributed by atoms with van der Waals surface area (Å²) in [5.41, 5.74) is -0.538. The molecule has 1 amide bonds. The second-order valence-electron chi connectivity index (χ2n) is 4.79. The van der Waals surface area contributed by atoms with Crippen LogP contribution in [0.15, 0.2) is 12.7 Å². The molecule has 7 nitrogen and oxygen atoms in total. The minimum Gasteiger partial charge on any atom is -0.382 e. The number of ether oxygens (including phenoxy) is 1. The fourth-order valence-corrected chi connectivity index (χ4v) is 2.79. The molecule has 1 unspecified atom stereocenters. The molecular weight excluding hydrogens is 246 g/mol. The van der Waals surface area contributed by atoms with Gasteiger partial charge >= 0.3 is 0 Å². The lowest BCUT2D eigenvalue weighted by molar-refractivity contribution is -0.135. The van der Waals surface area contributed by atoms with Crippen LogP contribution < -0.4 is 5.32 Å². The highest BCUT2D eigenvalue weighted by molar-refractivity contribution is 5.86. The Morgan fingerprint density at radius 2 is 2.37 bits per heavy atom. The molecule has 1 aromatic heterocycles. The third-order valence-electron chi connectivity index (χ3n) is 3.72. The van der Waals surface area contributed by atoms with Crippen molar-refractivity contribution in [2.24, 2.45) is 0 Å². The van der Waals surface area contributed by atoms with Crippen LogP contribution in [0.4, 0.5) is 0 Å². The molecule has 0 aromatic carbocycles. The summed E-state index contributed by atoms with van der Waals surface area (Å²) < 4.78 is 7.06. The molecule has 7 heteroatoms. The summed E-state index contributed by atoms with van der Waals surface area (Å²) in [4.78, 5) is 18.3. The van der Waals surface area contributed by atoms with Crippen LogP contribution in [0.2, 0.25) is 0 Å². The van der Waals surface area contributed by atoms with E-state index in [9.17, 15) is 4.79 Å². The Hall–Kier alpha value is -1.47. The van der Waals surface area contributed by atoms with Crippen LogP contribution in [0.1, 0.15) is 12.8 Å². The molecule has 19 heavy (non-hydrogen) atoms. The van der Waals surface area contributed by atoms with E-state index in [1.54, 1.807) is 25.2 Å². The number of likely N-dealkylation sites (N-methyl/N-ethyl adjacent to an activating group) is 1. The quantitative estimate of drug-likeness (QED) is 0.752. The van der Waals surface area contributed by atoms with E-state index in [-0.39, 0.29) is 5.91 Å². The van der Waals surface area contributed by atoms with E-state index in [1.165, 1.54) is 6.33 Å². The molecular formula is C12H21N5O2. The first-order chi connectivity index (χ1) is 9.23. The van der Waals surface area contributed by atoms with Crippen LogP contribution in [-0.4, -0.2) is 65.0 Å². The molecule has 1 atom stereocenters. The zero-order chi connectivity index (χ0) is 13.7. The van der Waals surface area contributed by atoms with Crippen LogP contribution in [0.25, 0.3) is 0 Å². The Balaban J connectivity index is 2.06. The average molecular weight is 267 g/mol. The lowest BCUT2D eigenvalue weighted by Crippen LogP contribution is -2.58. The van der Waals surface area contributed by atoms with Crippen LogP contribution in [0.5, 0.6) is 0 Å². The summed E-state index contributed by atoms with van der Waals surface area (Å²) >= 11 is 0. The number of nitrogens with one attached hydrogen (secondary N) is 1. The van der Waals surface area contributed by atoms with Gasteiger partial charge in [0.15, 0.2) is 0 Å². The molecule has 0 spiro atoms. The number of hydrogen-bond donors (Lipinski definition) is 1. The predicted molar refractivity (Wildman–Crippen MR) is 69.5 cm³/mol. The molecule has 106 valence electrons. The number of hydrogen-bond acceptors (Lipinski definition) is 5. The SMILES string of the molecule is CNC(=O)C1(COC)CCCN1CCn1cncn1. The van der Waals surface area contributed by atoms with E-state index in [4.69, 9.17) is 4.74 Å². The average Bonchev–Trinajstić information content (AvgIpc) is 3.05. The van der Waals surface area contributed by atoms with Crippen molar-refractivity contribution in [2.75, 3.05) is 33.9 Å². The molecule has 0 radical (unpaired) electrons. The lowest BCUT2D eigenvalue weighted by Gasteiger charge is -2.36. The van der Waals surface area contributed by atoms with Crippen LogP contribution >= 0.6 is 0 Å². The molecule has 0 saturated carbocycles. The third-order valence-corrected chi connectivity index (χ3v) is 3.72. The van der Waals surface area contributed by atoms with Crippen molar-refractivity contribution in [3.8, 4) is 0 Å². The molecule has 1 aromatic rings. The zero-order valence-electron chi connectivity index (χ0n) is 11.5. The summed E-state index contributed by atoms with van der Waals surface area (Å²) in [5.74, 6) is 0.0328. The minimum absolute atomic E-state index is 0.0328. The number of likely N-dealkylation sites (tertiary alicyclic amines) is 1. The van der Waals surface area contributed by atoms with Gasteiger partial charge in [-0.05, 0) is 19.4 Å². The number of carbonyl (C=O) groups excluding carboxylic acids is 1. The van der Waals surface area contributed by atoms with Crippen molar-refractivity contribution < 1.29 is 9.53 Å². The maximum Gasteiger partial charge on any atom is 0.242 e. The highest BCUT2D eigenvalue weighted by Gasteiger charge is 2.46. The second kappa shape index (κ2) is 6.12. The van der Waals surface area contributed by atoms with Gasteiger partial charge in [0, 0.05) is 20.7 Å².